The van der Waals surface area contributed by atoms with Crippen LogP contribution < -0.4 is 10.5 Å². The number of nitrogens with zero attached hydrogens (tertiary/aromatic N) is 3. The van der Waals surface area contributed by atoms with E-state index in [-0.39, 0.29) is 23.3 Å². The summed E-state index contributed by atoms with van der Waals surface area (Å²) in [5.41, 5.74) is 6.18. The maximum absolute atomic E-state index is 9.11. The van der Waals surface area contributed by atoms with Crippen LogP contribution in [0.5, 0.6) is 11.8 Å². The smallest absolute Gasteiger partial charge is 0.325 e. The zero-order chi connectivity index (χ0) is 14.1. The van der Waals surface area contributed by atoms with E-state index in [1.54, 1.807) is 18.2 Å². The number of ether oxygens (including phenoxy) is 1. The van der Waals surface area contributed by atoms with E-state index in [0.717, 1.165) is 0 Å². The lowest BCUT2D eigenvalue weighted by molar-refractivity contribution is 0.432. The third kappa shape index (κ3) is 2.17. The van der Waals surface area contributed by atoms with Gasteiger partial charge >= 0.3 is 6.01 Å². The number of rotatable bonds is 2. The molecular formula is C13H7BrN4O2. The molecule has 7 heteroatoms. The van der Waals surface area contributed by atoms with Crippen molar-refractivity contribution in [2.75, 3.05) is 5.73 Å². The molecule has 0 aliphatic carbocycles. The van der Waals surface area contributed by atoms with Crippen LogP contribution in [0.2, 0.25) is 0 Å². The molecule has 0 fully saturated rings. The largest absolute Gasteiger partial charge is 0.442 e. The molecular weight excluding hydrogens is 324 g/mol. The van der Waals surface area contributed by atoms with E-state index in [4.69, 9.17) is 20.1 Å². The van der Waals surface area contributed by atoms with Crippen molar-refractivity contribution in [3.05, 3.63) is 40.7 Å². The zero-order valence-electron chi connectivity index (χ0n) is 10.0. The summed E-state index contributed by atoms with van der Waals surface area (Å²) in [6, 6.07) is 10.7. The highest BCUT2D eigenvalue weighted by atomic mass is 79.9. The highest BCUT2D eigenvalue weighted by Gasteiger charge is 2.17. The lowest BCUT2D eigenvalue weighted by Gasteiger charge is -2.03. The van der Waals surface area contributed by atoms with Gasteiger partial charge in [0.05, 0.1) is 5.39 Å². The van der Waals surface area contributed by atoms with Gasteiger partial charge in [-0.2, -0.15) is 15.2 Å². The first kappa shape index (κ1) is 12.4. The second kappa shape index (κ2) is 4.83. The van der Waals surface area contributed by atoms with Crippen molar-refractivity contribution in [2.45, 2.75) is 0 Å². The second-order valence-corrected chi connectivity index (χ2v) is 4.68. The fourth-order valence-electron chi connectivity index (χ4n) is 1.75. The molecule has 2 heterocycles. The first-order valence-corrected chi connectivity index (χ1v) is 6.36. The third-order valence-electron chi connectivity index (χ3n) is 2.54. The topological polar surface area (TPSA) is 98.0 Å². The van der Waals surface area contributed by atoms with Crippen molar-refractivity contribution in [3.63, 3.8) is 0 Å². The molecule has 6 nitrogen and oxygen atoms in total. The number of benzene rings is 1. The summed E-state index contributed by atoms with van der Waals surface area (Å²) in [5, 5.41) is 9.78. The van der Waals surface area contributed by atoms with Crippen LogP contribution in [-0.4, -0.2) is 9.97 Å². The number of nitrogens with two attached hydrogens (primary N) is 1. The monoisotopic (exact) mass is 330 g/mol. The summed E-state index contributed by atoms with van der Waals surface area (Å²) in [6.45, 7) is 0. The molecule has 0 atom stereocenters. The molecule has 98 valence electrons. The van der Waals surface area contributed by atoms with E-state index in [1.165, 1.54) is 0 Å². The maximum atomic E-state index is 9.11. The van der Waals surface area contributed by atoms with Crippen molar-refractivity contribution in [3.8, 4) is 17.8 Å². The maximum Gasteiger partial charge on any atom is 0.325 e. The quantitative estimate of drug-likeness (QED) is 0.724. The van der Waals surface area contributed by atoms with Crippen molar-refractivity contribution < 1.29 is 9.15 Å². The molecule has 0 aliphatic rings. The van der Waals surface area contributed by atoms with Crippen LogP contribution >= 0.6 is 15.9 Å². The Morgan fingerprint density at radius 1 is 1.30 bits per heavy atom. The third-order valence-corrected chi connectivity index (χ3v) is 2.95. The summed E-state index contributed by atoms with van der Waals surface area (Å²) in [4.78, 5) is 8.00. The minimum absolute atomic E-state index is 0.0416. The fraction of sp³-hybridized carbons (Fsp3) is 0. The number of nitrogen functional groups attached to an aromatic ring is 1. The number of furan rings is 1. The van der Waals surface area contributed by atoms with Crippen LogP contribution in [0.4, 0.5) is 5.82 Å². The molecule has 2 aromatic heterocycles. The standard InChI is InChI=1S/C13H7BrN4O2/c14-10-5-11(16)18-13(17-10)20-12-7-3-1-2-4-8(7)19-9(12)6-15/h1-5H,(H2,16,17,18). The molecule has 3 rings (SSSR count). The van der Waals surface area contributed by atoms with Crippen molar-refractivity contribution >= 4 is 32.7 Å². The first-order chi connectivity index (χ1) is 9.67. The number of aromatic nitrogens is 2. The highest BCUT2D eigenvalue weighted by molar-refractivity contribution is 9.10. The van der Waals surface area contributed by atoms with Crippen molar-refractivity contribution in [1.82, 2.24) is 9.97 Å². The summed E-state index contributed by atoms with van der Waals surface area (Å²) in [7, 11) is 0. The Kier molecular flexibility index (Phi) is 3.00. The molecule has 0 radical (unpaired) electrons. The van der Waals surface area contributed by atoms with Crippen LogP contribution in [0.15, 0.2) is 39.4 Å². The molecule has 0 amide bonds. The Labute approximate surface area is 121 Å². The summed E-state index contributed by atoms with van der Waals surface area (Å²) in [5.74, 6) is 0.599. The molecule has 20 heavy (non-hydrogen) atoms. The second-order valence-electron chi connectivity index (χ2n) is 3.87. The van der Waals surface area contributed by atoms with E-state index in [9.17, 15) is 0 Å². The van der Waals surface area contributed by atoms with Crippen LogP contribution in [-0.2, 0) is 0 Å². The summed E-state index contributed by atoms with van der Waals surface area (Å²) < 4.78 is 11.5. The average molecular weight is 331 g/mol. The molecule has 0 aliphatic heterocycles. The average Bonchev–Trinajstić information content (AvgIpc) is 2.76. The van der Waals surface area contributed by atoms with Gasteiger partial charge in [0.25, 0.3) is 0 Å². The van der Waals surface area contributed by atoms with Gasteiger partial charge in [0.2, 0.25) is 5.76 Å². The van der Waals surface area contributed by atoms with Gasteiger partial charge in [0, 0.05) is 6.07 Å². The number of fused-ring (bicyclic) bond motifs is 1. The normalized spacial score (nSPS) is 10.4. The first-order valence-electron chi connectivity index (χ1n) is 5.57. The molecule has 2 N–H and O–H groups in total. The van der Waals surface area contributed by atoms with Gasteiger partial charge in [-0.1, -0.05) is 12.1 Å². The summed E-state index contributed by atoms with van der Waals surface area (Å²) in [6.07, 6.45) is 0. The molecule has 3 aromatic rings. The van der Waals surface area contributed by atoms with E-state index < -0.39 is 0 Å². The van der Waals surface area contributed by atoms with Gasteiger partial charge in [-0.05, 0) is 28.1 Å². The van der Waals surface area contributed by atoms with E-state index >= 15 is 0 Å². The van der Waals surface area contributed by atoms with Gasteiger partial charge in [-0.3, -0.25) is 0 Å². The van der Waals surface area contributed by atoms with E-state index in [1.807, 2.05) is 18.2 Å². The van der Waals surface area contributed by atoms with E-state index in [2.05, 4.69) is 25.9 Å². The van der Waals surface area contributed by atoms with Gasteiger partial charge in [-0.15, -0.1) is 0 Å². The summed E-state index contributed by atoms with van der Waals surface area (Å²) >= 11 is 3.20. The van der Waals surface area contributed by atoms with Gasteiger partial charge in [0.15, 0.2) is 5.75 Å². The highest BCUT2D eigenvalue weighted by Crippen LogP contribution is 2.35. The molecule has 1 aromatic carbocycles. The number of hydrogen-bond donors (Lipinski definition) is 1. The molecule has 0 spiro atoms. The van der Waals surface area contributed by atoms with Crippen molar-refractivity contribution in [1.29, 1.82) is 5.26 Å². The van der Waals surface area contributed by atoms with Crippen LogP contribution in [0.1, 0.15) is 5.76 Å². The Balaban J connectivity index is 2.12. The van der Waals surface area contributed by atoms with Gasteiger partial charge < -0.3 is 14.9 Å². The zero-order valence-corrected chi connectivity index (χ0v) is 11.6. The number of nitriles is 1. The molecule has 0 bridgehead atoms. The number of anilines is 1. The Morgan fingerprint density at radius 3 is 2.85 bits per heavy atom. The lowest BCUT2D eigenvalue weighted by atomic mass is 10.2. The van der Waals surface area contributed by atoms with Crippen LogP contribution in [0, 0.1) is 11.3 Å². The van der Waals surface area contributed by atoms with Crippen LogP contribution in [0.3, 0.4) is 0 Å². The Hall–Kier alpha value is -2.59. The number of para-hydroxylation sites is 1. The predicted octanol–water partition coefficient (Wildman–Crippen LogP) is 3.23. The van der Waals surface area contributed by atoms with Crippen LogP contribution in [0.25, 0.3) is 11.0 Å². The predicted molar refractivity (Wildman–Crippen MR) is 75.1 cm³/mol. The number of hydrogen-bond acceptors (Lipinski definition) is 6. The van der Waals surface area contributed by atoms with Gasteiger partial charge in [0.1, 0.15) is 22.1 Å². The fourth-order valence-corrected chi connectivity index (χ4v) is 2.13. The Bertz CT molecular complexity index is 818. The minimum atomic E-state index is 0.0416. The van der Waals surface area contributed by atoms with Crippen molar-refractivity contribution in [2.24, 2.45) is 0 Å². The Morgan fingerprint density at radius 2 is 2.10 bits per heavy atom. The van der Waals surface area contributed by atoms with E-state index in [0.29, 0.717) is 15.6 Å². The number of halogens is 1. The molecule has 0 unspecified atom stereocenters. The SMILES string of the molecule is N#Cc1oc2ccccc2c1Oc1nc(N)cc(Br)n1. The van der Waals surface area contributed by atoms with Gasteiger partial charge in [-0.25, -0.2) is 0 Å². The molecule has 0 saturated heterocycles. The lowest BCUT2D eigenvalue weighted by Crippen LogP contribution is -1.97. The molecule has 0 saturated carbocycles. The minimum Gasteiger partial charge on any atom is -0.442 e.